The molecule has 1 amide bonds. The van der Waals surface area contributed by atoms with Crippen molar-refractivity contribution in [3.8, 4) is 0 Å². The number of aryl methyl sites for hydroxylation is 1. The Labute approximate surface area is 72.6 Å². The van der Waals surface area contributed by atoms with E-state index in [0.717, 1.165) is 5.56 Å². The number of carbonyl (C=O) groups is 1. The lowest BCUT2D eigenvalue weighted by molar-refractivity contribution is 0.0999. The SMILES string of the molecule is CC.Cc1ccncc1C(N)=O. The van der Waals surface area contributed by atoms with E-state index in [1.54, 1.807) is 12.3 Å². The van der Waals surface area contributed by atoms with Crippen molar-refractivity contribution in [3.05, 3.63) is 29.6 Å². The van der Waals surface area contributed by atoms with Crippen LogP contribution in [0.25, 0.3) is 0 Å². The molecule has 0 radical (unpaired) electrons. The zero-order valence-electron chi connectivity index (χ0n) is 7.66. The van der Waals surface area contributed by atoms with Crippen LogP contribution in [0.4, 0.5) is 0 Å². The van der Waals surface area contributed by atoms with E-state index in [-0.39, 0.29) is 0 Å². The summed E-state index contributed by atoms with van der Waals surface area (Å²) in [6, 6.07) is 1.75. The van der Waals surface area contributed by atoms with E-state index in [9.17, 15) is 4.79 Å². The Bertz CT molecular complexity index is 258. The molecule has 0 aliphatic rings. The zero-order valence-corrected chi connectivity index (χ0v) is 7.66. The topological polar surface area (TPSA) is 56.0 Å². The van der Waals surface area contributed by atoms with Crippen LogP contribution in [0, 0.1) is 6.92 Å². The fourth-order valence-corrected chi connectivity index (χ4v) is 0.722. The van der Waals surface area contributed by atoms with Crippen LogP contribution in [0.1, 0.15) is 29.8 Å². The number of hydrogen-bond donors (Lipinski definition) is 1. The highest BCUT2D eigenvalue weighted by Gasteiger charge is 2.01. The Morgan fingerprint density at radius 3 is 2.42 bits per heavy atom. The molecule has 0 fully saturated rings. The van der Waals surface area contributed by atoms with Crippen LogP contribution >= 0.6 is 0 Å². The van der Waals surface area contributed by atoms with Crippen molar-refractivity contribution in [2.45, 2.75) is 20.8 Å². The monoisotopic (exact) mass is 166 g/mol. The van der Waals surface area contributed by atoms with E-state index < -0.39 is 5.91 Å². The van der Waals surface area contributed by atoms with Crippen molar-refractivity contribution >= 4 is 5.91 Å². The lowest BCUT2D eigenvalue weighted by Crippen LogP contribution is -2.12. The van der Waals surface area contributed by atoms with Gasteiger partial charge in [-0.1, -0.05) is 13.8 Å². The van der Waals surface area contributed by atoms with Crippen molar-refractivity contribution in [1.29, 1.82) is 0 Å². The standard InChI is InChI=1S/C7H8N2O.C2H6/c1-5-2-3-9-4-6(5)7(8)10;1-2/h2-4H,1H3,(H2,8,10);1-2H3. The highest BCUT2D eigenvalue weighted by molar-refractivity contribution is 5.93. The second-order valence-electron chi connectivity index (χ2n) is 2.05. The van der Waals surface area contributed by atoms with Gasteiger partial charge in [0.1, 0.15) is 0 Å². The maximum atomic E-state index is 10.6. The molecule has 3 heteroatoms. The Kier molecular flexibility index (Phi) is 4.69. The quantitative estimate of drug-likeness (QED) is 0.687. The predicted octanol–water partition coefficient (Wildman–Crippen LogP) is 1.52. The molecule has 1 heterocycles. The molecular weight excluding hydrogens is 152 g/mol. The average molecular weight is 166 g/mol. The van der Waals surface area contributed by atoms with Crippen molar-refractivity contribution in [2.75, 3.05) is 0 Å². The van der Waals surface area contributed by atoms with Crippen molar-refractivity contribution in [2.24, 2.45) is 5.73 Å². The first-order valence-corrected chi connectivity index (χ1v) is 3.92. The minimum atomic E-state index is -0.425. The Morgan fingerprint density at radius 1 is 1.50 bits per heavy atom. The van der Waals surface area contributed by atoms with Gasteiger partial charge in [-0.3, -0.25) is 9.78 Å². The largest absolute Gasteiger partial charge is 0.366 e. The third-order valence-electron chi connectivity index (χ3n) is 1.30. The number of carbonyl (C=O) groups excluding carboxylic acids is 1. The Hall–Kier alpha value is -1.38. The summed E-state index contributed by atoms with van der Waals surface area (Å²) in [5.41, 5.74) is 6.39. The summed E-state index contributed by atoms with van der Waals surface area (Å²) >= 11 is 0. The van der Waals surface area contributed by atoms with Crippen LogP contribution in [0.3, 0.4) is 0 Å². The molecule has 0 unspecified atom stereocenters. The number of amides is 1. The summed E-state index contributed by atoms with van der Waals surface area (Å²) in [5, 5.41) is 0. The molecule has 0 aliphatic heterocycles. The first kappa shape index (κ1) is 10.6. The van der Waals surface area contributed by atoms with Gasteiger partial charge in [0.2, 0.25) is 0 Å². The molecule has 1 aromatic rings. The van der Waals surface area contributed by atoms with Gasteiger partial charge >= 0.3 is 0 Å². The van der Waals surface area contributed by atoms with Gasteiger partial charge in [0.05, 0.1) is 5.56 Å². The van der Waals surface area contributed by atoms with Crippen LogP contribution in [0.5, 0.6) is 0 Å². The van der Waals surface area contributed by atoms with Gasteiger partial charge < -0.3 is 5.73 Å². The summed E-state index contributed by atoms with van der Waals surface area (Å²) in [6.45, 7) is 5.82. The maximum Gasteiger partial charge on any atom is 0.250 e. The molecule has 0 saturated carbocycles. The molecule has 1 aromatic heterocycles. The maximum absolute atomic E-state index is 10.6. The lowest BCUT2D eigenvalue weighted by Gasteiger charge is -1.96. The van der Waals surface area contributed by atoms with Crippen molar-refractivity contribution in [3.63, 3.8) is 0 Å². The molecule has 3 nitrogen and oxygen atoms in total. The van der Waals surface area contributed by atoms with E-state index in [4.69, 9.17) is 5.73 Å². The minimum absolute atomic E-state index is 0.425. The van der Waals surface area contributed by atoms with Gasteiger partial charge in [0, 0.05) is 12.4 Å². The molecule has 0 atom stereocenters. The Balaban J connectivity index is 0.000000561. The van der Waals surface area contributed by atoms with Gasteiger partial charge in [0.15, 0.2) is 0 Å². The van der Waals surface area contributed by atoms with Crippen LogP contribution < -0.4 is 5.73 Å². The van der Waals surface area contributed by atoms with E-state index in [1.165, 1.54) is 6.20 Å². The van der Waals surface area contributed by atoms with Crippen molar-refractivity contribution in [1.82, 2.24) is 4.98 Å². The fraction of sp³-hybridized carbons (Fsp3) is 0.333. The third kappa shape index (κ3) is 2.70. The number of hydrogen-bond acceptors (Lipinski definition) is 2. The third-order valence-corrected chi connectivity index (χ3v) is 1.30. The van der Waals surface area contributed by atoms with Crippen LogP contribution in [-0.4, -0.2) is 10.9 Å². The van der Waals surface area contributed by atoms with E-state index >= 15 is 0 Å². The molecule has 0 saturated heterocycles. The first-order chi connectivity index (χ1) is 5.72. The first-order valence-electron chi connectivity index (χ1n) is 3.92. The molecule has 1 rings (SSSR count). The van der Waals surface area contributed by atoms with Crippen molar-refractivity contribution < 1.29 is 4.79 Å². The molecule has 12 heavy (non-hydrogen) atoms. The lowest BCUT2D eigenvalue weighted by atomic mass is 10.1. The number of rotatable bonds is 1. The second kappa shape index (κ2) is 5.29. The summed E-state index contributed by atoms with van der Waals surface area (Å²) in [7, 11) is 0. The number of pyridine rings is 1. The summed E-state index contributed by atoms with van der Waals surface area (Å²) in [5.74, 6) is -0.425. The molecule has 0 bridgehead atoms. The normalized spacial score (nSPS) is 8.25. The molecule has 2 N–H and O–H groups in total. The van der Waals surface area contributed by atoms with Gasteiger partial charge in [-0.15, -0.1) is 0 Å². The van der Waals surface area contributed by atoms with E-state index in [1.807, 2.05) is 20.8 Å². The summed E-state index contributed by atoms with van der Waals surface area (Å²) in [4.78, 5) is 14.4. The predicted molar refractivity (Wildman–Crippen MR) is 48.8 cm³/mol. The molecule has 0 aromatic carbocycles. The highest BCUT2D eigenvalue weighted by Crippen LogP contribution is 2.02. The van der Waals surface area contributed by atoms with E-state index in [0.29, 0.717) is 5.56 Å². The molecule has 0 spiro atoms. The number of primary amides is 1. The smallest absolute Gasteiger partial charge is 0.250 e. The molecular formula is C9H14N2O. The zero-order chi connectivity index (χ0) is 9.56. The van der Waals surface area contributed by atoms with Crippen LogP contribution in [0.15, 0.2) is 18.5 Å². The van der Waals surface area contributed by atoms with Crippen LogP contribution in [-0.2, 0) is 0 Å². The average Bonchev–Trinajstić information content (AvgIpc) is 2.08. The number of nitrogens with zero attached hydrogens (tertiary/aromatic N) is 1. The van der Waals surface area contributed by atoms with Gasteiger partial charge in [-0.05, 0) is 18.6 Å². The minimum Gasteiger partial charge on any atom is -0.366 e. The van der Waals surface area contributed by atoms with Crippen LogP contribution in [0.2, 0.25) is 0 Å². The fourth-order valence-electron chi connectivity index (χ4n) is 0.722. The van der Waals surface area contributed by atoms with E-state index in [2.05, 4.69) is 4.98 Å². The Morgan fingerprint density at radius 2 is 2.08 bits per heavy atom. The molecule has 66 valence electrons. The van der Waals surface area contributed by atoms with Gasteiger partial charge in [0.25, 0.3) is 5.91 Å². The van der Waals surface area contributed by atoms with Gasteiger partial charge in [-0.25, -0.2) is 0 Å². The summed E-state index contributed by atoms with van der Waals surface area (Å²) < 4.78 is 0. The number of aromatic nitrogens is 1. The molecule has 0 aliphatic carbocycles. The number of nitrogens with two attached hydrogens (primary N) is 1. The second-order valence-corrected chi connectivity index (χ2v) is 2.05. The van der Waals surface area contributed by atoms with Gasteiger partial charge in [-0.2, -0.15) is 0 Å². The highest BCUT2D eigenvalue weighted by atomic mass is 16.1. The summed E-state index contributed by atoms with van der Waals surface area (Å²) in [6.07, 6.45) is 3.10.